The Bertz CT molecular complexity index is 1160. The fourth-order valence-corrected chi connectivity index (χ4v) is 4.30. The average Bonchev–Trinajstić information content (AvgIpc) is 2.98. The van der Waals surface area contributed by atoms with Crippen molar-refractivity contribution < 1.29 is 14.5 Å². The van der Waals surface area contributed by atoms with Gasteiger partial charge >= 0.3 is 5.97 Å². The predicted molar refractivity (Wildman–Crippen MR) is 110 cm³/mol. The van der Waals surface area contributed by atoms with Crippen molar-refractivity contribution in [2.45, 2.75) is 39.7 Å². The van der Waals surface area contributed by atoms with Crippen LogP contribution in [0.15, 0.2) is 39.6 Å². The lowest BCUT2D eigenvalue weighted by Gasteiger charge is -2.21. The maximum Gasteiger partial charge on any atom is 0.337 e. The van der Waals surface area contributed by atoms with Gasteiger partial charge in [0.15, 0.2) is 4.80 Å². The minimum Gasteiger partial charge on any atom is -0.463 e. The molecule has 0 fully saturated rings. The van der Waals surface area contributed by atoms with Crippen LogP contribution in [0.25, 0.3) is 11.8 Å². The molecule has 1 aromatic carbocycles. The summed E-state index contributed by atoms with van der Waals surface area (Å²) in [7, 11) is 0. The number of nitro benzene ring substituents is 1. The van der Waals surface area contributed by atoms with Crippen molar-refractivity contribution in [3.8, 4) is 0 Å². The molecule has 8 nitrogen and oxygen atoms in total. The summed E-state index contributed by atoms with van der Waals surface area (Å²) in [4.78, 5) is 41.0. The highest BCUT2D eigenvalue weighted by molar-refractivity contribution is 7.07. The Morgan fingerprint density at radius 1 is 1.34 bits per heavy atom. The number of carbonyl (C=O) groups excluding carboxylic acids is 1. The van der Waals surface area contributed by atoms with Crippen LogP contribution >= 0.6 is 11.3 Å². The predicted octanol–water partition coefficient (Wildman–Crippen LogP) is 2.24. The van der Waals surface area contributed by atoms with Crippen LogP contribution < -0.4 is 14.9 Å². The Kier molecular flexibility index (Phi) is 6.07. The van der Waals surface area contributed by atoms with Crippen LogP contribution in [0.2, 0.25) is 0 Å². The van der Waals surface area contributed by atoms with E-state index in [-0.39, 0.29) is 23.9 Å². The average molecular weight is 415 g/mol. The van der Waals surface area contributed by atoms with Crippen LogP contribution in [0.1, 0.15) is 39.2 Å². The zero-order valence-electron chi connectivity index (χ0n) is 16.4. The summed E-state index contributed by atoms with van der Waals surface area (Å²) in [5, 5.41) is 10.8. The lowest BCUT2D eigenvalue weighted by Crippen LogP contribution is -2.37. The molecule has 0 saturated heterocycles. The van der Waals surface area contributed by atoms with Crippen molar-refractivity contribution in [2.75, 3.05) is 6.61 Å². The standard InChI is InChI=1S/C20H21N3O5S/c1-4-6-15-17(19(25)28-5-2)12(3)22-18(24)16(29-20(22)21-15)11-13-7-9-14(10-8-13)23(26)27/h7-11,15H,4-6H2,1-3H3/b16-11-/t15-/m1/s1. The molecule has 0 amide bonds. The maximum atomic E-state index is 13.0. The van der Waals surface area contributed by atoms with Crippen molar-refractivity contribution >= 4 is 34.8 Å². The fraction of sp³-hybridized carbons (Fsp3) is 0.350. The molecule has 29 heavy (non-hydrogen) atoms. The van der Waals surface area contributed by atoms with Crippen LogP contribution in [0.5, 0.6) is 0 Å². The number of benzene rings is 1. The Morgan fingerprint density at radius 2 is 2.03 bits per heavy atom. The highest BCUT2D eigenvalue weighted by atomic mass is 32.1. The summed E-state index contributed by atoms with van der Waals surface area (Å²) >= 11 is 1.24. The molecule has 1 aromatic heterocycles. The molecule has 0 N–H and O–H groups in total. The molecule has 152 valence electrons. The molecule has 0 bridgehead atoms. The second-order valence-electron chi connectivity index (χ2n) is 6.54. The number of nitro groups is 1. The fourth-order valence-electron chi connectivity index (χ4n) is 3.23. The number of esters is 1. The van der Waals surface area contributed by atoms with E-state index in [4.69, 9.17) is 4.74 Å². The molecule has 3 rings (SSSR count). The number of rotatable bonds is 6. The van der Waals surface area contributed by atoms with Gasteiger partial charge in [-0.3, -0.25) is 19.5 Å². The molecular weight excluding hydrogens is 394 g/mol. The van der Waals surface area contributed by atoms with Gasteiger partial charge in [0.1, 0.15) is 0 Å². The van der Waals surface area contributed by atoms with Crippen LogP contribution in [-0.4, -0.2) is 28.1 Å². The van der Waals surface area contributed by atoms with E-state index in [0.29, 0.717) is 32.6 Å². The highest BCUT2D eigenvalue weighted by Crippen LogP contribution is 2.23. The number of hydrogen-bond donors (Lipinski definition) is 0. The van der Waals surface area contributed by atoms with Crippen LogP contribution in [0.4, 0.5) is 5.69 Å². The first-order chi connectivity index (χ1) is 13.9. The van der Waals surface area contributed by atoms with E-state index < -0.39 is 10.9 Å². The topological polar surface area (TPSA) is 104 Å². The molecule has 2 aromatic rings. The van der Waals surface area contributed by atoms with Gasteiger partial charge in [0.25, 0.3) is 11.2 Å². The van der Waals surface area contributed by atoms with Crippen LogP contribution in [0, 0.1) is 10.1 Å². The smallest absolute Gasteiger partial charge is 0.337 e. The molecule has 9 heteroatoms. The normalized spacial score (nSPS) is 16.4. The Labute approximate surface area is 170 Å². The number of fused-ring (bicyclic) bond motifs is 1. The highest BCUT2D eigenvalue weighted by Gasteiger charge is 2.29. The monoisotopic (exact) mass is 415 g/mol. The van der Waals surface area contributed by atoms with E-state index in [1.54, 1.807) is 32.1 Å². The third-order valence-corrected chi connectivity index (χ3v) is 5.57. The summed E-state index contributed by atoms with van der Waals surface area (Å²) in [6.45, 7) is 5.73. The van der Waals surface area contributed by atoms with E-state index in [2.05, 4.69) is 4.99 Å². The first kappa shape index (κ1) is 20.7. The molecule has 0 radical (unpaired) electrons. The molecular formula is C20H21N3O5S. The van der Waals surface area contributed by atoms with Crippen molar-refractivity contribution in [1.82, 2.24) is 4.57 Å². The Morgan fingerprint density at radius 3 is 2.62 bits per heavy atom. The molecule has 0 unspecified atom stereocenters. The van der Waals surface area contributed by atoms with Gasteiger partial charge in [-0.2, -0.15) is 0 Å². The zero-order valence-corrected chi connectivity index (χ0v) is 17.2. The summed E-state index contributed by atoms with van der Waals surface area (Å²) in [5.41, 5.74) is 1.34. The Balaban J connectivity index is 2.14. The minimum absolute atomic E-state index is 0.0143. The number of thiazole rings is 1. The van der Waals surface area contributed by atoms with E-state index in [1.807, 2.05) is 6.92 Å². The van der Waals surface area contributed by atoms with Gasteiger partial charge in [-0.15, -0.1) is 0 Å². The van der Waals surface area contributed by atoms with Crippen molar-refractivity contribution in [2.24, 2.45) is 4.99 Å². The van der Waals surface area contributed by atoms with E-state index in [0.717, 1.165) is 6.42 Å². The Hall–Kier alpha value is -3.07. The van der Waals surface area contributed by atoms with Gasteiger partial charge in [-0.1, -0.05) is 24.7 Å². The van der Waals surface area contributed by atoms with Gasteiger partial charge in [-0.05, 0) is 44.0 Å². The van der Waals surface area contributed by atoms with E-state index in [1.165, 1.54) is 28.0 Å². The van der Waals surface area contributed by atoms with E-state index in [9.17, 15) is 19.7 Å². The van der Waals surface area contributed by atoms with Gasteiger partial charge in [0, 0.05) is 17.8 Å². The van der Waals surface area contributed by atoms with E-state index >= 15 is 0 Å². The minimum atomic E-state index is -0.472. The number of ether oxygens (including phenoxy) is 1. The van der Waals surface area contributed by atoms with Gasteiger partial charge < -0.3 is 4.74 Å². The first-order valence-electron chi connectivity index (χ1n) is 9.31. The first-order valence-corrected chi connectivity index (χ1v) is 10.1. The quantitative estimate of drug-likeness (QED) is 0.409. The summed E-state index contributed by atoms with van der Waals surface area (Å²) in [6.07, 6.45) is 3.18. The van der Waals surface area contributed by atoms with Gasteiger partial charge in [0.05, 0.1) is 27.7 Å². The number of hydrogen-bond acceptors (Lipinski definition) is 7. The summed E-state index contributed by atoms with van der Waals surface area (Å²) in [5.74, 6) is -0.447. The molecule has 0 spiro atoms. The number of aromatic nitrogens is 1. The third-order valence-electron chi connectivity index (χ3n) is 4.59. The second-order valence-corrected chi connectivity index (χ2v) is 7.54. The third kappa shape index (κ3) is 4.04. The lowest BCUT2D eigenvalue weighted by molar-refractivity contribution is -0.384. The van der Waals surface area contributed by atoms with Crippen LogP contribution in [0.3, 0.4) is 0 Å². The van der Waals surface area contributed by atoms with Gasteiger partial charge in [0.2, 0.25) is 0 Å². The largest absolute Gasteiger partial charge is 0.463 e. The SMILES string of the molecule is CCC[C@H]1N=c2s/c(=C\c3ccc([N+](=O)[O-])cc3)c(=O)n2C(C)=C1C(=O)OCC. The molecule has 0 saturated carbocycles. The van der Waals surface area contributed by atoms with Crippen LogP contribution in [-0.2, 0) is 9.53 Å². The number of non-ortho nitro benzene ring substituents is 1. The zero-order chi connectivity index (χ0) is 21.1. The van der Waals surface area contributed by atoms with Crippen molar-refractivity contribution in [3.05, 3.63) is 65.2 Å². The molecule has 1 atom stereocenters. The second kappa shape index (κ2) is 8.52. The number of allylic oxidation sites excluding steroid dienone is 1. The lowest BCUT2D eigenvalue weighted by atomic mass is 10.00. The molecule has 0 aliphatic carbocycles. The molecule has 1 aliphatic rings. The van der Waals surface area contributed by atoms with Gasteiger partial charge in [-0.25, -0.2) is 9.79 Å². The molecule has 1 aliphatic heterocycles. The number of nitrogens with zero attached hydrogens (tertiary/aromatic N) is 3. The number of carbonyl (C=O) groups is 1. The maximum absolute atomic E-state index is 13.0. The van der Waals surface area contributed by atoms with Crippen molar-refractivity contribution in [3.63, 3.8) is 0 Å². The molecule has 2 heterocycles. The summed E-state index contributed by atoms with van der Waals surface area (Å²) in [6, 6.07) is 5.62. The summed E-state index contributed by atoms with van der Waals surface area (Å²) < 4.78 is 7.07. The van der Waals surface area contributed by atoms with Crippen molar-refractivity contribution in [1.29, 1.82) is 0 Å².